The van der Waals surface area contributed by atoms with Gasteiger partial charge in [-0.3, -0.25) is 9.59 Å². The maximum absolute atomic E-state index is 12.8. The fourth-order valence-corrected chi connectivity index (χ4v) is 4.72. The summed E-state index contributed by atoms with van der Waals surface area (Å²) in [6.45, 7) is 3.58. The minimum atomic E-state index is -0.779. The van der Waals surface area contributed by atoms with Gasteiger partial charge in [-0.2, -0.15) is 0 Å². The molecule has 0 aromatic carbocycles. The van der Waals surface area contributed by atoms with Crippen molar-refractivity contribution in [3.63, 3.8) is 0 Å². The lowest BCUT2D eigenvalue weighted by atomic mass is 9.84. The topological polar surface area (TPSA) is 92.9 Å². The molecule has 2 aromatic heterocycles. The second kappa shape index (κ2) is 7.44. The monoisotopic (exact) mass is 390 g/mol. The van der Waals surface area contributed by atoms with E-state index in [0.29, 0.717) is 42.6 Å². The van der Waals surface area contributed by atoms with E-state index in [1.54, 1.807) is 10.3 Å². The first kappa shape index (κ1) is 18.2. The number of hydrogen-bond acceptors (Lipinski definition) is 6. The van der Waals surface area contributed by atoms with E-state index in [1.807, 2.05) is 19.1 Å². The number of hydrogen-bond donors (Lipinski definition) is 1. The Morgan fingerprint density at radius 2 is 2.04 bits per heavy atom. The summed E-state index contributed by atoms with van der Waals surface area (Å²) >= 11 is 1.40. The zero-order chi connectivity index (χ0) is 19.0. The zero-order valence-electron chi connectivity index (χ0n) is 15.1. The largest absolute Gasteiger partial charge is 0.481 e. The number of rotatable bonds is 4. The molecular formula is C19H22N2O5S. The van der Waals surface area contributed by atoms with Crippen molar-refractivity contribution in [2.45, 2.75) is 32.3 Å². The average Bonchev–Trinajstić information content (AvgIpc) is 3.41. The summed E-state index contributed by atoms with van der Waals surface area (Å²) in [5.74, 6) is 0.391. The van der Waals surface area contributed by atoms with Gasteiger partial charge < -0.3 is 19.2 Å². The number of aromatic nitrogens is 1. The van der Waals surface area contributed by atoms with E-state index in [1.165, 1.54) is 11.3 Å². The Kier molecular flexibility index (Phi) is 5.01. The van der Waals surface area contributed by atoms with Crippen molar-refractivity contribution in [3.05, 3.63) is 29.0 Å². The number of thiazole rings is 1. The quantitative estimate of drug-likeness (QED) is 0.862. The van der Waals surface area contributed by atoms with Crippen LogP contribution in [-0.4, -0.2) is 52.7 Å². The van der Waals surface area contributed by atoms with Gasteiger partial charge in [0, 0.05) is 25.1 Å². The van der Waals surface area contributed by atoms with E-state index >= 15 is 0 Å². The highest BCUT2D eigenvalue weighted by Crippen LogP contribution is 2.34. The molecule has 1 unspecified atom stereocenters. The third kappa shape index (κ3) is 3.64. The molecule has 144 valence electrons. The van der Waals surface area contributed by atoms with Gasteiger partial charge in [-0.25, -0.2) is 4.98 Å². The second-order valence-corrected chi connectivity index (χ2v) is 8.00. The summed E-state index contributed by atoms with van der Waals surface area (Å²) in [5, 5.41) is 11.8. The Morgan fingerprint density at radius 3 is 2.70 bits per heavy atom. The number of aryl methyl sites for hydroxylation is 1. The van der Waals surface area contributed by atoms with Gasteiger partial charge in [0.25, 0.3) is 5.91 Å². The van der Waals surface area contributed by atoms with E-state index in [2.05, 4.69) is 4.98 Å². The van der Waals surface area contributed by atoms with Crippen molar-refractivity contribution in [1.29, 1.82) is 0 Å². The fourth-order valence-electron chi connectivity index (χ4n) is 3.97. The summed E-state index contributed by atoms with van der Waals surface area (Å²) in [5.41, 5.74) is 0.433. The summed E-state index contributed by atoms with van der Waals surface area (Å²) in [4.78, 5) is 30.4. The van der Waals surface area contributed by atoms with Crippen LogP contribution in [0.15, 0.2) is 21.9 Å². The standard InChI is InChI=1S/C19H22N2O5S/c1-11-2-3-15(26-11)17-20-14(10-27-17)18(22)21-7-4-12(5-8-21)16-13(19(23)24)6-9-25-16/h2-3,10,12-13,16H,4-9H2,1H3,(H,23,24)/t13?,16-/m0/s1. The maximum Gasteiger partial charge on any atom is 0.309 e. The second-order valence-electron chi connectivity index (χ2n) is 7.15. The van der Waals surface area contributed by atoms with E-state index in [4.69, 9.17) is 9.15 Å². The van der Waals surface area contributed by atoms with Gasteiger partial charge >= 0.3 is 5.97 Å². The number of carbonyl (C=O) groups is 2. The van der Waals surface area contributed by atoms with Crippen LogP contribution in [0.2, 0.25) is 0 Å². The van der Waals surface area contributed by atoms with E-state index in [0.717, 1.165) is 18.6 Å². The Morgan fingerprint density at radius 1 is 1.26 bits per heavy atom. The molecule has 0 bridgehead atoms. The molecule has 4 rings (SSSR count). The van der Waals surface area contributed by atoms with Crippen LogP contribution in [-0.2, 0) is 9.53 Å². The number of carbonyl (C=O) groups excluding carboxylic acids is 1. The Bertz CT molecular complexity index is 837. The Hall–Kier alpha value is -2.19. The molecule has 4 heterocycles. The molecule has 7 nitrogen and oxygen atoms in total. The lowest BCUT2D eigenvalue weighted by molar-refractivity contribution is -0.145. The van der Waals surface area contributed by atoms with Crippen molar-refractivity contribution in [3.8, 4) is 10.8 Å². The molecule has 27 heavy (non-hydrogen) atoms. The van der Waals surface area contributed by atoms with E-state index in [9.17, 15) is 14.7 Å². The molecule has 2 aliphatic rings. The zero-order valence-corrected chi connectivity index (χ0v) is 15.9. The summed E-state index contributed by atoms with van der Waals surface area (Å²) in [6.07, 6.45) is 1.86. The number of nitrogens with zero attached hydrogens (tertiary/aromatic N) is 2. The molecule has 2 aromatic rings. The van der Waals surface area contributed by atoms with Gasteiger partial charge in [0.15, 0.2) is 10.8 Å². The molecule has 1 amide bonds. The molecule has 2 aliphatic heterocycles. The van der Waals surface area contributed by atoms with Gasteiger partial charge in [-0.1, -0.05) is 0 Å². The summed E-state index contributed by atoms with van der Waals surface area (Å²) < 4.78 is 11.3. The van der Waals surface area contributed by atoms with Crippen LogP contribution in [0, 0.1) is 18.8 Å². The van der Waals surface area contributed by atoms with Crippen LogP contribution in [0.4, 0.5) is 0 Å². The van der Waals surface area contributed by atoms with Crippen molar-refractivity contribution in [2.75, 3.05) is 19.7 Å². The molecule has 2 fully saturated rings. The molecule has 0 saturated carbocycles. The maximum atomic E-state index is 12.8. The molecule has 1 N–H and O–H groups in total. The number of carboxylic acids is 1. The lowest BCUT2D eigenvalue weighted by Crippen LogP contribution is -2.43. The summed E-state index contributed by atoms with van der Waals surface area (Å²) in [7, 11) is 0. The SMILES string of the molecule is Cc1ccc(-c2nc(C(=O)N3CCC([C@@H]4OCCC4C(=O)O)CC3)cs2)o1. The number of likely N-dealkylation sites (tertiary alicyclic amines) is 1. The third-order valence-corrected chi connectivity index (χ3v) is 6.28. The van der Waals surface area contributed by atoms with Gasteiger partial charge in [0.1, 0.15) is 11.5 Å². The first-order chi connectivity index (χ1) is 13.0. The highest BCUT2D eigenvalue weighted by Gasteiger charge is 2.41. The van der Waals surface area contributed by atoms with Crippen molar-refractivity contribution < 1.29 is 23.8 Å². The number of aliphatic carboxylic acids is 1. The highest BCUT2D eigenvalue weighted by molar-refractivity contribution is 7.13. The third-order valence-electron chi connectivity index (χ3n) is 5.42. The van der Waals surface area contributed by atoms with Gasteiger partial charge in [0.2, 0.25) is 0 Å². The Labute approximate surface area is 161 Å². The van der Waals surface area contributed by atoms with Crippen molar-refractivity contribution in [1.82, 2.24) is 9.88 Å². The molecule has 2 atom stereocenters. The molecule has 0 radical (unpaired) electrons. The van der Waals surface area contributed by atoms with Crippen molar-refractivity contribution >= 4 is 23.2 Å². The first-order valence-corrected chi connectivity index (χ1v) is 10.1. The van der Waals surface area contributed by atoms with Gasteiger partial charge in [-0.05, 0) is 44.2 Å². The normalized spacial score (nSPS) is 23.7. The number of furan rings is 1. The van der Waals surface area contributed by atoms with Gasteiger partial charge in [0.05, 0.1) is 12.0 Å². The van der Waals surface area contributed by atoms with Crippen LogP contribution in [0.25, 0.3) is 10.8 Å². The molecular weight excluding hydrogens is 368 g/mol. The molecule has 0 aliphatic carbocycles. The lowest BCUT2D eigenvalue weighted by Gasteiger charge is -2.35. The summed E-state index contributed by atoms with van der Waals surface area (Å²) in [6, 6.07) is 3.73. The van der Waals surface area contributed by atoms with Crippen molar-refractivity contribution in [2.24, 2.45) is 11.8 Å². The fraction of sp³-hybridized carbons (Fsp3) is 0.526. The van der Waals surface area contributed by atoms with Crippen LogP contribution in [0.5, 0.6) is 0 Å². The molecule has 2 saturated heterocycles. The van der Waals surface area contributed by atoms with Crippen LogP contribution in [0.3, 0.4) is 0 Å². The Balaban J connectivity index is 1.38. The van der Waals surface area contributed by atoms with Crippen LogP contribution in [0.1, 0.15) is 35.5 Å². The number of piperidine rings is 1. The number of ether oxygens (including phenoxy) is 1. The minimum absolute atomic E-state index is 0.0821. The van der Waals surface area contributed by atoms with E-state index < -0.39 is 11.9 Å². The molecule has 0 spiro atoms. The molecule has 8 heteroatoms. The predicted octanol–water partition coefficient (Wildman–Crippen LogP) is 3.05. The predicted molar refractivity (Wildman–Crippen MR) is 98.7 cm³/mol. The number of amides is 1. The minimum Gasteiger partial charge on any atom is -0.481 e. The van der Waals surface area contributed by atoms with E-state index in [-0.39, 0.29) is 17.9 Å². The highest BCUT2D eigenvalue weighted by atomic mass is 32.1. The van der Waals surface area contributed by atoms with Gasteiger partial charge in [-0.15, -0.1) is 11.3 Å². The average molecular weight is 390 g/mol. The first-order valence-electron chi connectivity index (χ1n) is 9.19. The smallest absolute Gasteiger partial charge is 0.309 e. The number of carboxylic acid groups (broad SMARTS) is 1. The van der Waals surface area contributed by atoms with Crippen LogP contribution < -0.4 is 0 Å². The van der Waals surface area contributed by atoms with Crippen LogP contribution >= 0.6 is 11.3 Å².